The number of para-hydroxylation sites is 1. The Kier molecular flexibility index (Phi) is 5.41. The van der Waals surface area contributed by atoms with E-state index in [-0.39, 0.29) is 18.7 Å². The van der Waals surface area contributed by atoms with E-state index in [1.54, 1.807) is 30.0 Å². The highest BCUT2D eigenvalue weighted by Gasteiger charge is 2.24. The number of rotatable bonds is 4. The molecule has 2 aromatic rings. The van der Waals surface area contributed by atoms with Crippen molar-refractivity contribution >= 4 is 23.3 Å². The first-order valence-corrected chi connectivity index (χ1v) is 9.66. The highest BCUT2D eigenvalue weighted by molar-refractivity contribution is 5.97. The summed E-state index contributed by atoms with van der Waals surface area (Å²) in [5, 5.41) is 5.57. The fraction of sp³-hybridized carbons (Fsp3) is 0.333. The largest absolute Gasteiger partial charge is 0.454 e. The van der Waals surface area contributed by atoms with Gasteiger partial charge in [0.15, 0.2) is 11.5 Å². The van der Waals surface area contributed by atoms with Gasteiger partial charge in [-0.15, -0.1) is 0 Å². The molecule has 8 nitrogen and oxygen atoms in total. The third-order valence-corrected chi connectivity index (χ3v) is 5.06. The molecular weight excluding hydrogens is 372 g/mol. The molecule has 2 aromatic carbocycles. The zero-order chi connectivity index (χ0) is 20.2. The molecule has 0 aromatic heterocycles. The van der Waals surface area contributed by atoms with Crippen LogP contribution in [0.25, 0.3) is 0 Å². The summed E-state index contributed by atoms with van der Waals surface area (Å²) in [4.78, 5) is 29.0. The minimum Gasteiger partial charge on any atom is -0.454 e. The molecule has 0 saturated carbocycles. The van der Waals surface area contributed by atoms with Crippen LogP contribution in [0.5, 0.6) is 11.5 Å². The van der Waals surface area contributed by atoms with E-state index >= 15 is 0 Å². The van der Waals surface area contributed by atoms with Crippen LogP contribution in [-0.2, 0) is 4.79 Å². The lowest BCUT2D eigenvalue weighted by atomic mass is 10.2. The highest BCUT2D eigenvalue weighted by Crippen LogP contribution is 2.34. The molecule has 8 heteroatoms. The Labute approximate surface area is 169 Å². The van der Waals surface area contributed by atoms with Crippen molar-refractivity contribution in [1.82, 2.24) is 10.2 Å². The number of hydrogen-bond acceptors (Lipinski definition) is 5. The number of fused-ring (bicyclic) bond motifs is 1. The van der Waals surface area contributed by atoms with E-state index in [1.807, 2.05) is 18.2 Å². The van der Waals surface area contributed by atoms with Crippen LogP contribution in [0, 0.1) is 0 Å². The quantitative estimate of drug-likeness (QED) is 0.829. The zero-order valence-electron chi connectivity index (χ0n) is 16.3. The lowest BCUT2D eigenvalue weighted by molar-refractivity contribution is -0.117. The van der Waals surface area contributed by atoms with E-state index in [0.717, 1.165) is 18.8 Å². The first-order valence-electron chi connectivity index (χ1n) is 9.66. The zero-order valence-corrected chi connectivity index (χ0v) is 16.3. The Morgan fingerprint density at radius 1 is 0.966 bits per heavy atom. The van der Waals surface area contributed by atoms with Crippen LogP contribution in [-0.4, -0.2) is 55.9 Å². The normalized spacial score (nSPS) is 16.3. The van der Waals surface area contributed by atoms with Crippen LogP contribution < -0.4 is 25.0 Å². The SMILES string of the molecule is C[C@@H](NC(=O)N1CCN(c2ccccc2)CC1)C(=O)Nc1ccc2c(c1)OCO2. The van der Waals surface area contributed by atoms with E-state index in [4.69, 9.17) is 9.47 Å². The number of carbonyl (C=O) groups excluding carboxylic acids is 2. The summed E-state index contributed by atoms with van der Waals surface area (Å²) in [7, 11) is 0. The molecule has 3 amide bonds. The summed E-state index contributed by atoms with van der Waals surface area (Å²) in [6.07, 6.45) is 0. The number of hydrogen-bond donors (Lipinski definition) is 2. The van der Waals surface area contributed by atoms with Crippen molar-refractivity contribution in [1.29, 1.82) is 0 Å². The Balaban J connectivity index is 1.26. The summed E-state index contributed by atoms with van der Waals surface area (Å²) < 4.78 is 10.6. The average Bonchev–Trinajstić information content (AvgIpc) is 3.22. The van der Waals surface area contributed by atoms with Crippen molar-refractivity contribution in [2.75, 3.05) is 43.2 Å². The molecular formula is C21H24N4O4. The number of nitrogens with zero attached hydrogens (tertiary/aromatic N) is 2. The number of amides is 3. The third-order valence-electron chi connectivity index (χ3n) is 5.06. The van der Waals surface area contributed by atoms with Gasteiger partial charge in [-0.1, -0.05) is 18.2 Å². The van der Waals surface area contributed by atoms with E-state index in [0.29, 0.717) is 30.3 Å². The summed E-state index contributed by atoms with van der Waals surface area (Å²) in [5.41, 5.74) is 1.75. The van der Waals surface area contributed by atoms with Crippen LogP contribution in [0.1, 0.15) is 6.92 Å². The van der Waals surface area contributed by atoms with Gasteiger partial charge < -0.3 is 29.9 Å². The van der Waals surface area contributed by atoms with Crippen molar-refractivity contribution in [3.8, 4) is 11.5 Å². The van der Waals surface area contributed by atoms with E-state index in [2.05, 4.69) is 27.7 Å². The number of ether oxygens (including phenoxy) is 2. The summed E-state index contributed by atoms with van der Waals surface area (Å²) in [5.74, 6) is 0.954. The Morgan fingerprint density at radius 3 is 2.45 bits per heavy atom. The Bertz CT molecular complexity index is 882. The molecule has 2 aliphatic rings. The van der Waals surface area contributed by atoms with E-state index < -0.39 is 6.04 Å². The molecule has 0 bridgehead atoms. The van der Waals surface area contributed by atoms with Gasteiger partial charge in [-0.2, -0.15) is 0 Å². The molecule has 1 saturated heterocycles. The molecule has 4 rings (SSSR count). The Hall–Kier alpha value is -3.42. The number of carbonyl (C=O) groups is 2. The molecule has 0 aliphatic carbocycles. The Morgan fingerprint density at radius 2 is 1.69 bits per heavy atom. The topological polar surface area (TPSA) is 83.1 Å². The number of anilines is 2. The molecule has 0 unspecified atom stereocenters. The van der Waals surface area contributed by atoms with E-state index in [1.165, 1.54) is 0 Å². The van der Waals surface area contributed by atoms with Gasteiger partial charge in [0, 0.05) is 43.6 Å². The van der Waals surface area contributed by atoms with Gasteiger partial charge in [0.05, 0.1) is 0 Å². The molecule has 0 radical (unpaired) electrons. The van der Waals surface area contributed by atoms with Gasteiger partial charge in [-0.3, -0.25) is 4.79 Å². The summed E-state index contributed by atoms with van der Waals surface area (Å²) in [6, 6.07) is 14.4. The predicted molar refractivity (Wildman–Crippen MR) is 109 cm³/mol. The summed E-state index contributed by atoms with van der Waals surface area (Å²) in [6.45, 7) is 4.58. The van der Waals surface area contributed by atoms with Gasteiger partial charge in [-0.05, 0) is 31.2 Å². The third kappa shape index (κ3) is 4.37. The van der Waals surface area contributed by atoms with Crippen molar-refractivity contribution in [2.45, 2.75) is 13.0 Å². The first kappa shape index (κ1) is 18.9. The smallest absolute Gasteiger partial charge is 0.318 e. The maximum atomic E-state index is 12.5. The van der Waals surface area contributed by atoms with Crippen LogP contribution >= 0.6 is 0 Å². The minimum atomic E-state index is -0.667. The van der Waals surface area contributed by atoms with Gasteiger partial charge in [0.1, 0.15) is 6.04 Å². The first-order chi connectivity index (χ1) is 14.1. The molecule has 2 N–H and O–H groups in total. The maximum absolute atomic E-state index is 12.5. The molecule has 1 atom stereocenters. The maximum Gasteiger partial charge on any atom is 0.318 e. The fourth-order valence-corrected chi connectivity index (χ4v) is 3.37. The highest BCUT2D eigenvalue weighted by atomic mass is 16.7. The molecule has 29 heavy (non-hydrogen) atoms. The molecule has 2 aliphatic heterocycles. The predicted octanol–water partition coefficient (Wildman–Crippen LogP) is 2.27. The number of benzene rings is 2. The van der Waals surface area contributed by atoms with Gasteiger partial charge in [0.25, 0.3) is 0 Å². The lowest BCUT2D eigenvalue weighted by Crippen LogP contribution is -2.54. The van der Waals surface area contributed by atoms with Gasteiger partial charge in [-0.25, -0.2) is 4.79 Å². The standard InChI is InChI=1S/C21H24N4O4/c1-15(20(26)23-16-7-8-18-19(13-16)29-14-28-18)22-21(27)25-11-9-24(10-12-25)17-5-3-2-4-6-17/h2-8,13,15H,9-12,14H2,1H3,(H,22,27)(H,23,26)/t15-/m1/s1. The van der Waals surface area contributed by atoms with Crippen LogP contribution in [0.15, 0.2) is 48.5 Å². The monoisotopic (exact) mass is 396 g/mol. The minimum absolute atomic E-state index is 0.177. The van der Waals surface area contributed by atoms with Crippen LogP contribution in [0.4, 0.5) is 16.2 Å². The fourth-order valence-electron chi connectivity index (χ4n) is 3.37. The number of piperazine rings is 1. The molecule has 1 fully saturated rings. The van der Waals surface area contributed by atoms with Crippen molar-refractivity contribution in [2.24, 2.45) is 0 Å². The van der Waals surface area contributed by atoms with Crippen molar-refractivity contribution in [3.63, 3.8) is 0 Å². The van der Waals surface area contributed by atoms with Gasteiger partial charge in [0.2, 0.25) is 12.7 Å². The average molecular weight is 396 g/mol. The molecule has 2 heterocycles. The lowest BCUT2D eigenvalue weighted by Gasteiger charge is -2.36. The van der Waals surface area contributed by atoms with Crippen LogP contribution in [0.2, 0.25) is 0 Å². The van der Waals surface area contributed by atoms with Crippen LogP contribution in [0.3, 0.4) is 0 Å². The second-order valence-electron chi connectivity index (χ2n) is 7.04. The van der Waals surface area contributed by atoms with Crippen molar-refractivity contribution in [3.05, 3.63) is 48.5 Å². The van der Waals surface area contributed by atoms with Crippen molar-refractivity contribution < 1.29 is 19.1 Å². The second kappa shape index (κ2) is 8.30. The number of nitrogens with one attached hydrogen (secondary N) is 2. The van der Waals surface area contributed by atoms with Gasteiger partial charge >= 0.3 is 6.03 Å². The van der Waals surface area contributed by atoms with E-state index in [9.17, 15) is 9.59 Å². The number of urea groups is 1. The molecule has 152 valence electrons. The molecule has 0 spiro atoms. The second-order valence-corrected chi connectivity index (χ2v) is 7.04. The summed E-state index contributed by atoms with van der Waals surface area (Å²) >= 11 is 0.